The highest BCUT2D eigenvalue weighted by Crippen LogP contribution is 2.31. The summed E-state index contributed by atoms with van der Waals surface area (Å²) in [6.07, 6.45) is -0.763. The molecule has 0 spiro atoms. The van der Waals surface area contributed by atoms with Crippen LogP contribution in [-0.4, -0.2) is 31.2 Å². The molecule has 0 saturated heterocycles. The van der Waals surface area contributed by atoms with E-state index in [0.29, 0.717) is 34.9 Å². The minimum absolute atomic E-state index is 0.124. The first-order chi connectivity index (χ1) is 12.1. The number of ether oxygens (including phenoxy) is 3. The maximum atomic E-state index is 12.5. The van der Waals surface area contributed by atoms with Gasteiger partial charge >= 0.3 is 5.97 Å². The number of amides is 1. The Labute approximate surface area is 145 Å². The molecule has 6 nitrogen and oxygen atoms in total. The third-order valence-electron chi connectivity index (χ3n) is 3.89. The molecule has 0 unspecified atom stereocenters. The largest absolute Gasteiger partial charge is 0.485 e. The maximum Gasteiger partial charge on any atom is 0.338 e. The fraction of sp³-hybridized carbons (Fsp3) is 0.263. The summed E-state index contributed by atoms with van der Waals surface area (Å²) in [7, 11) is 0. The summed E-state index contributed by atoms with van der Waals surface area (Å²) in [5, 5.41) is 2.80. The summed E-state index contributed by atoms with van der Waals surface area (Å²) in [5.74, 6) is 0.402. The lowest BCUT2D eigenvalue weighted by Gasteiger charge is -2.25. The van der Waals surface area contributed by atoms with Gasteiger partial charge in [0.25, 0.3) is 5.91 Å². The van der Waals surface area contributed by atoms with Crippen molar-refractivity contribution in [3.63, 3.8) is 0 Å². The predicted octanol–water partition coefficient (Wildman–Crippen LogP) is 2.95. The van der Waals surface area contributed by atoms with Crippen molar-refractivity contribution in [2.45, 2.75) is 20.0 Å². The molecular formula is C19H19NO5. The molecule has 6 heteroatoms. The lowest BCUT2D eigenvalue weighted by Crippen LogP contribution is -2.40. The molecule has 1 N–H and O–H groups in total. The Morgan fingerprint density at radius 3 is 2.68 bits per heavy atom. The van der Waals surface area contributed by atoms with Gasteiger partial charge < -0.3 is 19.5 Å². The highest BCUT2D eigenvalue weighted by atomic mass is 16.6. The Morgan fingerprint density at radius 1 is 1.16 bits per heavy atom. The minimum atomic E-state index is -0.763. The molecule has 0 radical (unpaired) electrons. The molecule has 0 aliphatic carbocycles. The van der Waals surface area contributed by atoms with Crippen molar-refractivity contribution in [3.05, 3.63) is 53.6 Å². The van der Waals surface area contributed by atoms with Crippen LogP contribution in [0.5, 0.6) is 11.5 Å². The second kappa shape index (κ2) is 7.25. The van der Waals surface area contributed by atoms with Crippen LogP contribution in [0.4, 0.5) is 5.69 Å². The predicted molar refractivity (Wildman–Crippen MR) is 92.1 cm³/mol. The number of rotatable bonds is 4. The van der Waals surface area contributed by atoms with Crippen LogP contribution in [0.15, 0.2) is 42.5 Å². The molecular weight excluding hydrogens is 322 g/mol. The fourth-order valence-electron chi connectivity index (χ4n) is 2.56. The number of para-hydroxylation sites is 2. The third-order valence-corrected chi connectivity index (χ3v) is 3.89. The number of anilines is 1. The molecule has 130 valence electrons. The molecule has 3 rings (SSSR count). The molecule has 1 heterocycles. The van der Waals surface area contributed by atoms with Crippen molar-refractivity contribution in [1.29, 1.82) is 0 Å². The van der Waals surface area contributed by atoms with Crippen LogP contribution in [0.25, 0.3) is 0 Å². The van der Waals surface area contributed by atoms with E-state index < -0.39 is 12.1 Å². The Morgan fingerprint density at radius 2 is 1.92 bits per heavy atom. The van der Waals surface area contributed by atoms with Gasteiger partial charge in [-0.3, -0.25) is 4.79 Å². The van der Waals surface area contributed by atoms with Gasteiger partial charge in [-0.05, 0) is 43.7 Å². The molecule has 1 atom stereocenters. The first-order valence-corrected chi connectivity index (χ1v) is 8.06. The van der Waals surface area contributed by atoms with Gasteiger partial charge in [0.1, 0.15) is 6.61 Å². The minimum Gasteiger partial charge on any atom is -0.485 e. The van der Waals surface area contributed by atoms with E-state index in [-0.39, 0.29) is 12.5 Å². The van der Waals surface area contributed by atoms with Crippen LogP contribution in [0.1, 0.15) is 22.8 Å². The quantitative estimate of drug-likeness (QED) is 0.866. The van der Waals surface area contributed by atoms with Crippen molar-refractivity contribution in [2.24, 2.45) is 0 Å². The first-order valence-electron chi connectivity index (χ1n) is 8.06. The Balaban J connectivity index is 1.74. The normalized spacial score (nSPS) is 15.4. The van der Waals surface area contributed by atoms with Gasteiger partial charge in [0.15, 0.2) is 11.5 Å². The summed E-state index contributed by atoms with van der Waals surface area (Å²) in [6, 6.07) is 12.3. The molecule has 0 bridgehead atoms. The molecule has 1 aliphatic heterocycles. The number of esters is 1. The van der Waals surface area contributed by atoms with Gasteiger partial charge in [0.05, 0.1) is 12.2 Å². The Kier molecular flexibility index (Phi) is 4.88. The second-order valence-corrected chi connectivity index (χ2v) is 5.55. The zero-order chi connectivity index (χ0) is 17.8. The van der Waals surface area contributed by atoms with Gasteiger partial charge in [-0.2, -0.15) is 0 Å². The van der Waals surface area contributed by atoms with E-state index in [4.69, 9.17) is 14.2 Å². The van der Waals surface area contributed by atoms with Crippen LogP contribution in [0, 0.1) is 6.92 Å². The van der Waals surface area contributed by atoms with E-state index in [1.165, 1.54) is 0 Å². The average Bonchev–Trinajstić information content (AvgIpc) is 2.63. The molecule has 0 fully saturated rings. The number of benzene rings is 2. The second-order valence-electron chi connectivity index (χ2n) is 5.55. The van der Waals surface area contributed by atoms with Gasteiger partial charge in [-0.25, -0.2) is 4.79 Å². The Hall–Kier alpha value is -3.02. The Bertz CT molecular complexity index is 802. The summed E-state index contributed by atoms with van der Waals surface area (Å²) in [6.45, 7) is 3.92. The standard InChI is InChI=1S/C19H19NO5/c1-3-23-19(22)13-7-6-8-14(12(13)2)20-18(21)17-11-24-15-9-4-5-10-16(15)25-17/h4-10,17H,3,11H2,1-2H3,(H,20,21)/t17-/m1/s1. The molecule has 1 aliphatic rings. The highest BCUT2D eigenvalue weighted by Gasteiger charge is 2.28. The smallest absolute Gasteiger partial charge is 0.338 e. The van der Waals surface area contributed by atoms with Crippen molar-refractivity contribution in [2.75, 3.05) is 18.5 Å². The number of hydrogen-bond donors (Lipinski definition) is 1. The first kappa shape index (κ1) is 16.8. The van der Waals surface area contributed by atoms with Crippen molar-refractivity contribution >= 4 is 17.6 Å². The summed E-state index contributed by atoms with van der Waals surface area (Å²) >= 11 is 0. The summed E-state index contributed by atoms with van der Waals surface area (Å²) in [5.41, 5.74) is 1.61. The summed E-state index contributed by atoms with van der Waals surface area (Å²) in [4.78, 5) is 24.5. The van der Waals surface area contributed by atoms with E-state index in [1.54, 1.807) is 44.2 Å². The number of carbonyl (C=O) groups excluding carboxylic acids is 2. The maximum absolute atomic E-state index is 12.5. The van der Waals surface area contributed by atoms with Crippen LogP contribution in [0.2, 0.25) is 0 Å². The third kappa shape index (κ3) is 3.57. The SMILES string of the molecule is CCOC(=O)c1cccc(NC(=O)[C@H]2COc3ccccc3O2)c1C. The lowest BCUT2D eigenvalue weighted by molar-refractivity contribution is -0.125. The zero-order valence-corrected chi connectivity index (χ0v) is 14.1. The van der Waals surface area contributed by atoms with Crippen LogP contribution in [0.3, 0.4) is 0 Å². The van der Waals surface area contributed by atoms with E-state index in [2.05, 4.69) is 5.32 Å². The number of hydrogen-bond acceptors (Lipinski definition) is 5. The van der Waals surface area contributed by atoms with E-state index in [9.17, 15) is 9.59 Å². The average molecular weight is 341 g/mol. The molecule has 0 saturated carbocycles. The number of fused-ring (bicyclic) bond motifs is 1. The lowest BCUT2D eigenvalue weighted by atomic mass is 10.1. The molecule has 2 aromatic rings. The highest BCUT2D eigenvalue weighted by molar-refractivity contribution is 5.98. The van der Waals surface area contributed by atoms with Crippen molar-refractivity contribution in [3.8, 4) is 11.5 Å². The van der Waals surface area contributed by atoms with E-state index in [0.717, 1.165) is 0 Å². The van der Waals surface area contributed by atoms with E-state index >= 15 is 0 Å². The van der Waals surface area contributed by atoms with Gasteiger partial charge in [-0.1, -0.05) is 18.2 Å². The van der Waals surface area contributed by atoms with Gasteiger partial charge in [0.2, 0.25) is 6.10 Å². The molecule has 2 aromatic carbocycles. The molecule has 25 heavy (non-hydrogen) atoms. The van der Waals surface area contributed by atoms with E-state index in [1.807, 2.05) is 12.1 Å². The van der Waals surface area contributed by atoms with Crippen molar-refractivity contribution in [1.82, 2.24) is 0 Å². The monoisotopic (exact) mass is 341 g/mol. The topological polar surface area (TPSA) is 73.9 Å². The molecule has 1 amide bonds. The van der Waals surface area contributed by atoms with Gasteiger partial charge in [0, 0.05) is 5.69 Å². The van der Waals surface area contributed by atoms with Crippen LogP contribution >= 0.6 is 0 Å². The van der Waals surface area contributed by atoms with Gasteiger partial charge in [-0.15, -0.1) is 0 Å². The summed E-state index contributed by atoms with van der Waals surface area (Å²) < 4.78 is 16.3. The van der Waals surface area contributed by atoms with Crippen LogP contribution < -0.4 is 14.8 Å². The van der Waals surface area contributed by atoms with Crippen molar-refractivity contribution < 1.29 is 23.8 Å². The molecule has 0 aromatic heterocycles. The zero-order valence-electron chi connectivity index (χ0n) is 14.1. The fourth-order valence-corrected chi connectivity index (χ4v) is 2.56. The van der Waals surface area contributed by atoms with Crippen LogP contribution in [-0.2, 0) is 9.53 Å². The number of nitrogens with one attached hydrogen (secondary N) is 1. The number of carbonyl (C=O) groups is 2.